The van der Waals surface area contributed by atoms with E-state index in [1.54, 1.807) is 64.2 Å². The summed E-state index contributed by atoms with van der Waals surface area (Å²) in [5, 5.41) is 0. The van der Waals surface area contributed by atoms with E-state index in [2.05, 4.69) is 13.8 Å². The van der Waals surface area contributed by atoms with E-state index in [1.165, 1.54) is 77.0 Å². The van der Waals surface area contributed by atoms with Gasteiger partial charge in [0.1, 0.15) is 0 Å². The third kappa shape index (κ3) is 10.2. The summed E-state index contributed by atoms with van der Waals surface area (Å²) in [7, 11) is 0. The van der Waals surface area contributed by atoms with Crippen LogP contribution in [-0.4, -0.2) is 0 Å². The van der Waals surface area contributed by atoms with Crippen LogP contribution in [-0.2, 0) is 0 Å². The average molecular weight is 391 g/mol. The van der Waals surface area contributed by atoms with Gasteiger partial charge in [-0.25, -0.2) is 0 Å². The van der Waals surface area contributed by atoms with Crippen LogP contribution in [0.4, 0.5) is 0 Å². The lowest BCUT2D eigenvalue weighted by atomic mass is 9.68. The molecule has 0 saturated heterocycles. The zero-order valence-electron chi connectivity index (χ0n) is 19.9. The molecule has 0 spiro atoms. The average Bonchev–Trinajstić information content (AvgIpc) is 2.74. The van der Waals surface area contributed by atoms with E-state index in [9.17, 15) is 0 Å². The van der Waals surface area contributed by atoms with E-state index in [0.717, 1.165) is 23.7 Å². The maximum absolute atomic E-state index is 2.32. The molecule has 0 heteroatoms. The summed E-state index contributed by atoms with van der Waals surface area (Å²) in [6.07, 6.45) is 33.3. The van der Waals surface area contributed by atoms with Crippen molar-refractivity contribution in [1.82, 2.24) is 0 Å². The van der Waals surface area contributed by atoms with E-state index >= 15 is 0 Å². The fraction of sp³-hybridized carbons (Fsp3) is 1.00. The first-order valence-corrected chi connectivity index (χ1v) is 13.8. The summed E-state index contributed by atoms with van der Waals surface area (Å²) in [5.41, 5.74) is 0. The van der Waals surface area contributed by atoms with Crippen molar-refractivity contribution in [2.45, 2.75) is 155 Å². The van der Waals surface area contributed by atoms with Crippen LogP contribution < -0.4 is 0 Å². The monoisotopic (exact) mass is 390 g/mol. The minimum Gasteiger partial charge on any atom is -0.0654 e. The largest absolute Gasteiger partial charge is 0.0654 e. The molecule has 2 aliphatic rings. The summed E-state index contributed by atoms with van der Waals surface area (Å²) < 4.78 is 0. The molecule has 0 aromatic heterocycles. The van der Waals surface area contributed by atoms with Gasteiger partial charge in [-0.3, -0.25) is 0 Å². The topological polar surface area (TPSA) is 0 Å². The zero-order chi connectivity index (χ0) is 19.9. The first-order chi connectivity index (χ1) is 13.8. The molecule has 0 radical (unpaired) electrons. The summed E-state index contributed by atoms with van der Waals surface area (Å²) in [6, 6.07) is 0. The van der Waals surface area contributed by atoms with Gasteiger partial charge in [0.15, 0.2) is 0 Å². The minimum atomic E-state index is 1.09. The van der Waals surface area contributed by atoms with E-state index in [1.807, 2.05) is 0 Å². The van der Waals surface area contributed by atoms with Crippen LogP contribution >= 0.6 is 0 Å². The Bertz CT molecular complexity index is 330. The van der Waals surface area contributed by atoms with E-state index in [4.69, 9.17) is 0 Å². The molecule has 0 N–H and O–H groups in total. The van der Waals surface area contributed by atoms with Gasteiger partial charge in [-0.05, 0) is 49.4 Å². The first kappa shape index (κ1) is 24.3. The summed E-state index contributed by atoms with van der Waals surface area (Å²) in [6.45, 7) is 4.64. The third-order valence-electron chi connectivity index (χ3n) is 8.38. The first-order valence-electron chi connectivity index (χ1n) is 13.8. The molecule has 0 atom stereocenters. The fourth-order valence-corrected chi connectivity index (χ4v) is 6.32. The predicted molar refractivity (Wildman–Crippen MR) is 127 cm³/mol. The van der Waals surface area contributed by atoms with Gasteiger partial charge in [-0.2, -0.15) is 0 Å². The van der Waals surface area contributed by atoms with Gasteiger partial charge in [0.25, 0.3) is 0 Å². The fourth-order valence-electron chi connectivity index (χ4n) is 6.32. The van der Waals surface area contributed by atoms with E-state index in [-0.39, 0.29) is 0 Å². The van der Waals surface area contributed by atoms with Crippen molar-refractivity contribution in [3.8, 4) is 0 Å². The molecule has 0 unspecified atom stereocenters. The van der Waals surface area contributed by atoms with Gasteiger partial charge in [0.2, 0.25) is 0 Å². The molecule has 0 aliphatic heterocycles. The zero-order valence-corrected chi connectivity index (χ0v) is 19.9. The molecule has 2 saturated carbocycles. The van der Waals surface area contributed by atoms with Crippen LogP contribution in [0.15, 0.2) is 0 Å². The van der Waals surface area contributed by atoms with Crippen LogP contribution in [0.5, 0.6) is 0 Å². The van der Waals surface area contributed by atoms with Gasteiger partial charge < -0.3 is 0 Å². The number of hydrogen-bond acceptors (Lipinski definition) is 0. The molecule has 0 nitrogen and oxygen atoms in total. The molecule has 0 bridgehead atoms. The molecule has 166 valence electrons. The Labute approximate surface area is 179 Å². The smallest absolute Gasteiger partial charge is 0.0386 e. The molecule has 28 heavy (non-hydrogen) atoms. The van der Waals surface area contributed by atoms with Crippen molar-refractivity contribution in [3.05, 3.63) is 0 Å². The van der Waals surface area contributed by atoms with Crippen molar-refractivity contribution in [2.24, 2.45) is 23.7 Å². The SMILES string of the molecule is CCCCCCCCCC1CCC([C@H]2CC[C@H](CCCCCCC)CC2)CC1. The Morgan fingerprint density at radius 1 is 0.393 bits per heavy atom. The number of hydrogen-bond donors (Lipinski definition) is 0. The Hall–Kier alpha value is 0. The van der Waals surface area contributed by atoms with Gasteiger partial charge >= 0.3 is 0 Å². The molecule has 0 aromatic carbocycles. The molecular weight excluding hydrogens is 336 g/mol. The van der Waals surface area contributed by atoms with Gasteiger partial charge in [0, 0.05) is 0 Å². The molecule has 2 fully saturated rings. The molecule has 0 heterocycles. The lowest BCUT2D eigenvalue weighted by Crippen LogP contribution is -2.25. The minimum absolute atomic E-state index is 1.09. The molecule has 0 aromatic rings. The Kier molecular flexibility index (Phi) is 13.7. The molecule has 0 amide bonds. The third-order valence-corrected chi connectivity index (χ3v) is 8.38. The van der Waals surface area contributed by atoms with Crippen molar-refractivity contribution in [2.75, 3.05) is 0 Å². The van der Waals surface area contributed by atoms with Crippen molar-refractivity contribution in [3.63, 3.8) is 0 Å². The highest BCUT2D eigenvalue weighted by atomic mass is 14.4. The van der Waals surface area contributed by atoms with Crippen LogP contribution in [0.3, 0.4) is 0 Å². The van der Waals surface area contributed by atoms with Crippen molar-refractivity contribution >= 4 is 0 Å². The Balaban J connectivity index is 1.46. The maximum atomic E-state index is 2.32. The second-order valence-corrected chi connectivity index (χ2v) is 10.7. The van der Waals surface area contributed by atoms with E-state index in [0.29, 0.717) is 0 Å². The second-order valence-electron chi connectivity index (χ2n) is 10.7. The van der Waals surface area contributed by atoms with Gasteiger partial charge in [-0.1, -0.05) is 129 Å². The lowest BCUT2D eigenvalue weighted by molar-refractivity contribution is 0.139. The van der Waals surface area contributed by atoms with Crippen LogP contribution in [0.1, 0.15) is 155 Å². The van der Waals surface area contributed by atoms with Crippen LogP contribution in [0.25, 0.3) is 0 Å². The predicted octanol–water partition coefficient (Wildman–Crippen LogP) is 10.1. The molecule has 2 aliphatic carbocycles. The highest BCUT2D eigenvalue weighted by Gasteiger charge is 2.30. The molecule has 2 rings (SSSR count). The number of rotatable bonds is 15. The Morgan fingerprint density at radius 2 is 0.714 bits per heavy atom. The van der Waals surface area contributed by atoms with Gasteiger partial charge in [-0.15, -0.1) is 0 Å². The van der Waals surface area contributed by atoms with Crippen LogP contribution in [0, 0.1) is 23.7 Å². The highest BCUT2D eigenvalue weighted by Crippen LogP contribution is 2.43. The number of unbranched alkanes of at least 4 members (excludes halogenated alkanes) is 10. The standard InChI is InChI=1S/C28H54/c1-3-5-7-9-10-12-14-16-26-19-23-28(24-20-26)27-21-17-25(18-22-27)15-13-11-8-6-4-2/h25-28H,3-24H2,1-2H3/t25-,26?,27-,28?. The van der Waals surface area contributed by atoms with Crippen molar-refractivity contribution in [1.29, 1.82) is 0 Å². The van der Waals surface area contributed by atoms with Crippen molar-refractivity contribution < 1.29 is 0 Å². The second kappa shape index (κ2) is 15.8. The van der Waals surface area contributed by atoms with Crippen LogP contribution in [0.2, 0.25) is 0 Å². The summed E-state index contributed by atoms with van der Waals surface area (Å²) in [5.74, 6) is 4.39. The van der Waals surface area contributed by atoms with E-state index < -0.39 is 0 Å². The normalized spacial score (nSPS) is 28.5. The highest BCUT2D eigenvalue weighted by molar-refractivity contribution is 4.82. The quantitative estimate of drug-likeness (QED) is 0.244. The summed E-state index contributed by atoms with van der Waals surface area (Å²) in [4.78, 5) is 0. The van der Waals surface area contributed by atoms with Gasteiger partial charge in [0.05, 0.1) is 0 Å². The maximum Gasteiger partial charge on any atom is -0.0386 e. The lowest BCUT2D eigenvalue weighted by Gasteiger charge is -2.38. The summed E-state index contributed by atoms with van der Waals surface area (Å²) >= 11 is 0. The molecular formula is C28H54. The Morgan fingerprint density at radius 3 is 1.07 bits per heavy atom.